The van der Waals surface area contributed by atoms with Crippen LogP contribution in [-0.4, -0.2) is 41.9 Å². The van der Waals surface area contributed by atoms with Gasteiger partial charge < -0.3 is 9.64 Å². The Labute approximate surface area is 84.8 Å². The van der Waals surface area contributed by atoms with Crippen molar-refractivity contribution in [3.63, 3.8) is 0 Å². The molecule has 0 aromatic rings. The number of thiol groups is 1. The van der Waals surface area contributed by atoms with Gasteiger partial charge in [0, 0.05) is 20.2 Å². The predicted octanol–water partition coefficient (Wildman–Crippen LogP) is 0.942. The highest BCUT2D eigenvalue weighted by Crippen LogP contribution is 2.33. The summed E-state index contributed by atoms with van der Waals surface area (Å²) < 4.78 is 4.90. The van der Waals surface area contributed by atoms with E-state index in [0.717, 1.165) is 0 Å². The maximum absolute atomic E-state index is 11.7. The Bertz CT molecular complexity index is 210. The molecule has 4 heteroatoms. The monoisotopic (exact) mass is 203 g/mol. The van der Waals surface area contributed by atoms with E-state index in [2.05, 4.69) is 12.6 Å². The van der Waals surface area contributed by atoms with Gasteiger partial charge in [-0.1, -0.05) is 6.92 Å². The normalized spacial score (nSPS) is 34.3. The third kappa shape index (κ3) is 1.70. The van der Waals surface area contributed by atoms with Gasteiger partial charge in [0.05, 0.1) is 6.10 Å². The van der Waals surface area contributed by atoms with E-state index in [-0.39, 0.29) is 12.0 Å². The minimum atomic E-state index is -0.606. The molecule has 1 heterocycles. The lowest BCUT2D eigenvalue weighted by molar-refractivity contribution is -0.129. The third-order valence-electron chi connectivity index (χ3n) is 2.60. The molecule has 0 saturated carbocycles. The van der Waals surface area contributed by atoms with Crippen LogP contribution in [0.5, 0.6) is 0 Å². The fraction of sp³-hybridized carbons (Fsp3) is 0.889. The molecule has 0 aromatic heterocycles. The highest BCUT2D eigenvalue weighted by molar-refractivity contribution is 7.82. The number of ether oxygens (including phenoxy) is 1. The quantitative estimate of drug-likeness (QED) is 0.692. The third-order valence-corrected chi connectivity index (χ3v) is 3.39. The van der Waals surface area contributed by atoms with Gasteiger partial charge in [0.25, 0.3) is 0 Å². The number of likely N-dealkylation sites (N-methyl/N-ethyl adjacent to an activating group) is 1. The summed E-state index contributed by atoms with van der Waals surface area (Å²) in [6.45, 7) is 5.20. The maximum atomic E-state index is 11.7. The van der Waals surface area contributed by atoms with Crippen molar-refractivity contribution in [2.45, 2.75) is 31.1 Å². The predicted molar refractivity (Wildman–Crippen MR) is 55.1 cm³/mol. The van der Waals surface area contributed by atoms with Gasteiger partial charge >= 0.3 is 0 Å². The van der Waals surface area contributed by atoms with E-state index in [1.165, 1.54) is 0 Å². The largest absolute Gasteiger partial charge is 0.375 e. The second-order valence-corrected chi connectivity index (χ2v) is 4.21. The average molecular weight is 203 g/mol. The van der Waals surface area contributed by atoms with Crippen LogP contribution in [0.25, 0.3) is 0 Å². The molecule has 1 saturated heterocycles. The van der Waals surface area contributed by atoms with E-state index in [1.807, 2.05) is 13.8 Å². The summed E-state index contributed by atoms with van der Waals surface area (Å²) in [6.07, 6.45) is 0.646. The smallest absolute Gasteiger partial charge is 0.241 e. The van der Waals surface area contributed by atoms with Crippen LogP contribution in [0.1, 0.15) is 20.3 Å². The Hall–Kier alpha value is -0.220. The molecule has 1 rings (SSSR count). The highest BCUT2D eigenvalue weighted by Gasteiger charge is 2.49. The van der Waals surface area contributed by atoms with Crippen molar-refractivity contribution >= 4 is 18.5 Å². The number of carbonyl (C=O) groups excluding carboxylic acids is 1. The van der Waals surface area contributed by atoms with E-state index in [4.69, 9.17) is 4.74 Å². The number of rotatable bonds is 3. The maximum Gasteiger partial charge on any atom is 0.241 e. The topological polar surface area (TPSA) is 29.5 Å². The van der Waals surface area contributed by atoms with Crippen LogP contribution in [0, 0.1) is 0 Å². The Morgan fingerprint density at radius 1 is 1.69 bits per heavy atom. The average Bonchev–Trinajstić information content (AvgIpc) is 2.32. The summed E-state index contributed by atoms with van der Waals surface area (Å²) in [5.74, 6) is 0.0804. The summed E-state index contributed by atoms with van der Waals surface area (Å²) in [6, 6.07) is 0. The van der Waals surface area contributed by atoms with Crippen LogP contribution in [0.15, 0.2) is 0 Å². The van der Waals surface area contributed by atoms with Crippen molar-refractivity contribution in [1.82, 2.24) is 4.90 Å². The summed E-state index contributed by atoms with van der Waals surface area (Å²) in [5.41, 5.74) is 0. The molecule has 1 fully saturated rings. The number of amides is 1. The molecule has 1 aliphatic rings. The Morgan fingerprint density at radius 2 is 2.31 bits per heavy atom. The van der Waals surface area contributed by atoms with Gasteiger partial charge in [0.15, 0.2) is 0 Å². The van der Waals surface area contributed by atoms with Crippen molar-refractivity contribution in [2.24, 2.45) is 0 Å². The first-order valence-corrected chi connectivity index (χ1v) is 5.10. The van der Waals surface area contributed by atoms with E-state index < -0.39 is 4.75 Å². The van der Waals surface area contributed by atoms with Crippen LogP contribution in [0.2, 0.25) is 0 Å². The number of hydrogen-bond acceptors (Lipinski definition) is 3. The van der Waals surface area contributed by atoms with E-state index >= 15 is 0 Å². The first kappa shape index (κ1) is 10.9. The lowest BCUT2D eigenvalue weighted by atomic mass is 10.0. The van der Waals surface area contributed by atoms with Crippen LogP contribution < -0.4 is 0 Å². The minimum absolute atomic E-state index is 0.0664. The molecule has 76 valence electrons. The molecule has 0 aromatic carbocycles. The molecule has 2 unspecified atom stereocenters. The fourth-order valence-electron chi connectivity index (χ4n) is 1.72. The van der Waals surface area contributed by atoms with Crippen molar-refractivity contribution in [3.8, 4) is 0 Å². The lowest BCUT2D eigenvalue weighted by Gasteiger charge is -2.25. The molecule has 1 amide bonds. The summed E-state index contributed by atoms with van der Waals surface area (Å²) >= 11 is 4.45. The first-order valence-electron chi connectivity index (χ1n) is 4.65. The highest BCUT2D eigenvalue weighted by atomic mass is 32.1. The van der Waals surface area contributed by atoms with Gasteiger partial charge in [-0.2, -0.15) is 12.6 Å². The van der Waals surface area contributed by atoms with Gasteiger partial charge in [0.1, 0.15) is 4.75 Å². The molecule has 0 aliphatic carbocycles. The number of likely N-dealkylation sites (tertiary alicyclic amines) is 1. The number of carbonyl (C=O) groups is 1. The van der Waals surface area contributed by atoms with Crippen molar-refractivity contribution < 1.29 is 9.53 Å². The van der Waals surface area contributed by atoms with Crippen LogP contribution in [0.4, 0.5) is 0 Å². The molecule has 3 nitrogen and oxygen atoms in total. The zero-order chi connectivity index (χ0) is 10.1. The lowest BCUT2D eigenvalue weighted by Crippen LogP contribution is -2.40. The van der Waals surface area contributed by atoms with E-state index in [1.54, 1.807) is 11.9 Å². The minimum Gasteiger partial charge on any atom is -0.375 e. The fourth-order valence-corrected chi connectivity index (χ4v) is 2.05. The molecule has 1 aliphatic heterocycles. The van der Waals surface area contributed by atoms with E-state index in [0.29, 0.717) is 19.6 Å². The number of hydrogen-bond donors (Lipinski definition) is 1. The van der Waals surface area contributed by atoms with Gasteiger partial charge in [-0.05, 0) is 13.3 Å². The van der Waals surface area contributed by atoms with Crippen LogP contribution in [0.3, 0.4) is 0 Å². The second kappa shape index (κ2) is 3.88. The van der Waals surface area contributed by atoms with Crippen LogP contribution >= 0.6 is 12.6 Å². The molecular formula is C9H17NO2S. The molecule has 0 bridgehead atoms. The van der Waals surface area contributed by atoms with Crippen LogP contribution in [-0.2, 0) is 9.53 Å². The Kier molecular flexibility index (Phi) is 3.24. The molecule has 2 atom stereocenters. The summed E-state index contributed by atoms with van der Waals surface area (Å²) in [5, 5.41) is 0. The van der Waals surface area contributed by atoms with Crippen molar-refractivity contribution in [2.75, 3.05) is 20.2 Å². The molecule has 0 N–H and O–H groups in total. The molecular weight excluding hydrogens is 186 g/mol. The SMILES string of the molecule is CCOC1CN(C)C(=O)C1(S)CC. The Morgan fingerprint density at radius 3 is 2.77 bits per heavy atom. The molecule has 13 heavy (non-hydrogen) atoms. The van der Waals surface area contributed by atoms with Gasteiger partial charge in [-0.3, -0.25) is 4.79 Å². The van der Waals surface area contributed by atoms with Gasteiger partial charge in [-0.15, -0.1) is 0 Å². The second-order valence-electron chi connectivity index (χ2n) is 3.41. The van der Waals surface area contributed by atoms with Gasteiger partial charge in [-0.25, -0.2) is 0 Å². The zero-order valence-corrected chi connectivity index (χ0v) is 9.30. The molecule has 0 radical (unpaired) electrons. The first-order chi connectivity index (χ1) is 6.06. The van der Waals surface area contributed by atoms with Crippen molar-refractivity contribution in [1.29, 1.82) is 0 Å². The Balaban J connectivity index is 2.80. The zero-order valence-electron chi connectivity index (χ0n) is 8.41. The molecule has 0 spiro atoms. The number of nitrogens with zero attached hydrogens (tertiary/aromatic N) is 1. The summed E-state index contributed by atoms with van der Waals surface area (Å²) in [7, 11) is 1.79. The standard InChI is InChI=1S/C9H17NO2S/c1-4-9(13)7(12-5-2)6-10(3)8(9)11/h7,13H,4-6H2,1-3H3. The van der Waals surface area contributed by atoms with Crippen molar-refractivity contribution in [3.05, 3.63) is 0 Å². The van der Waals surface area contributed by atoms with E-state index in [9.17, 15) is 4.79 Å². The summed E-state index contributed by atoms with van der Waals surface area (Å²) in [4.78, 5) is 13.4. The van der Waals surface area contributed by atoms with Gasteiger partial charge in [0.2, 0.25) is 5.91 Å².